The van der Waals surface area contributed by atoms with Crippen LogP contribution in [0.3, 0.4) is 0 Å². The number of nitrogens with one attached hydrogen (secondary N) is 1. The molecule has 96 valence electrons. The molecule has 0 bridgehead atoms. The third-order valence-corrected chi connectivity index (χ3v) is 5.40. The van der Waals surface area contributed by atoms with Crippen LogP contribution in [0.15, 0.2) is 0 Å². The summed E-state index contributed by atoms with van der Waals surface area (Å²) in [5.74, 6) is 2.17. The molecule has 3 heteroatoms. The van der Waals surface area contributed by atoms with Gasteiger partial charge in [0.2, 0.25) is 5.91 Å². The SMILES string of the molecule is O=C(NC1CCC(Cl)CC1)C1C2CCCCC21. The minimum absolute atomic E-state index is 0.339. The number of halogens is 1. The molecule has 1 amide bonds. The van der Waals surface area contributed by atoms with Crippen LogP contribution in [0, 0.1) is 17.8 Å². The van der Waals surface area contributed by atoms with Crippen LogP contribution in [0.4, 0.5) is 0 Å². The average Bonchev–Trinajstić information content (AvgIpc) is 3.06. The van der Waals surface area contributed by atoms with E-state index in [1.54, 1.807) is 0 Å². The number of hydrogen-bond acceptors (Lipinski definition) is 1. The third-order valence-electron chi connectivity index (χ3n) is 4.96. The normalized spacial score (nSPS) is 44.9. The van der Waals surface area contributed by atoms with Gasteiger partial charge in [-0.05, 0) is 50.4 Å². The second kappa shape index (κ2) is 4.79. The molecule has 2 nitrogen and oxygen atoms in total. The molecule has 0 spiro atoms. The van der Waals surface area contributed by atoms with Crippen molar-refractivity contribution in [1.82, 2.24) is 5.32 Å². The summed E-state index contributed by atoms with van der Waals surface area (Å²) >= 11 is 6.08. The topological polar surface area (TPSA) is 29.1 Å². The molecule has 2 unspecified atom stereocenters. The first-order chi connectivity index (χ1) is 8.25. The van der Waals surface area contributed by atoms with E-state index in [0.717, 1.165) is 37.5 Å². The van der Waals surface area contributed by atoms with Crippen LogP contribution >= 0.6 is 11.6 Å². The first kappa shape index (κ1) is 11.8. The van der Waals surface area contributed by atoms with Gasteiger partial charge in [0.05, 0.1) is 0 Å². The second-order valence-corrected chi connectivity index (χ2v) is 6.71. The van der Waals surface area contributed by atoms with Crippen LogP contribution in [0.1, 0.15) is 51.4 Å². The number of carbonyl (C=O) groups excluding carboxylic acids is 1. The Kier molecular flexibility index (Phi) is 3.34. The number of alkyl halides is 1. The van der Waals surface area contributed by atoms with Gasteiger partial charge in [-0.1, -0.05) is 12.8 Å². The molecule has 0 aliphatic heterocycles. The van der Waals surface area contributed by atoms with Gasteiger partial charge < -0.3 is 5.32 Å². The lowest BCUT2D eigenvalue weighted by molar-refractivity contribution is -0.123. The Labute approximate surface area is 108 Å². The van der Waals surface area contributed by atoms with E-state index in [1.165, 1.54) is 25.7 Å². The molecule has 3 fully saturated rings. The number of carbonyl (C=O) groups is 1. The van der Waals surface area contributed by atoms with E-state index in [9.17, 15) is 4.79 Å². The van der Waals surface area contributed by atoms with Crippen molar-refractivity contribution < 1.29 is 4.79 Å². The molecule has 2 atom stereocenters. The maximum absolute atomic E-state index is 12.2. The van der Waals surface area contributed by atoms with Gasteiger partial charge in [0, 0.05) is 17.3 Å². The van der Waals surface area contributed by atoms with Crippen molar-refractivity contribution in [3.05, 3.63) is 0 Å². The molecule has 3 saturated carbocycles. The monoisotopic (exact) mass is 255 g/mol. The lowest BCUT2D eigenvalue weighted by Crippen LogP contribution is -2.39. The quantitative estimate of drug-likeness (QED) is 0.755. The molecule has 3 rings (SSSR count). The second-order valence-electron chi connectivity index (χ2n) is 6.10. The fourth-order valence-electron chi connectivity index (χ4n) is 3.88. The standard InChI is InChI=1S/C14H22ClNO/c15-9-5-7-10(8-6-9)16-14(17)13-11-3-1-2-4-12(11)13/h9-13H,1-8H2,(H,16,17). The van der Waals surface area contributed by atoms with E-state index in [2.05, 4.69) is 5.32 Å². The van der Waals surface area contributed by atoms with Crippen LogP contribution in [-0.2, 0) is 4.79 Å². The highest BCUT2D eigenvalue weighted by atomic mass is 35.5. The minimum atomic E-state index is 0.339. The number of amides is 1. The van der Waals surface area contributed by atoms with Crippen molar-refractivity contribution >= 4 is 17.5 Å². The molecular formula is C14H22ClNO. The molecule has 0 saturated heterocycles. The summed E-state index contributed by atoms with van der Waals surface area (Å²) in [4.78, 5) is 12.2. The Hall–Kier alpha value is -0.240. The van der Waals surface area contributed by atoms with Crippen molar-refractivity contribution in [2.24, 2.45) is 17.8 Å². The zero-order valence-corrected chi connectivity index (χ0v) is 11.1. The van der Waals surface area contributed by atoms with Crippen LogP contribution in [0.2, 0.25) is 0 Å². The first-order valence-electron chi connectivity index (χ1n) is 7.20. The van der Waals surface area contributed by atoms with Gasteiger partial charge in [0.25, 0.3) is 0 Å². The molecule has 0 aromatic rings. The highest BCUT2D eigenvalue weighted by Crippen LogP contribution is 2.55. The predicted octanol–water partition coefficient (Wildman–Crippen LogP) is 3.09. The van der Waals surface area contributed by atoms with Crippen molar-refractivity contribution in [2.75, 3.05) is 0 Å². The Morgan fingerprint density at radius 2 is 1.53 bits per heavy atom. The molecule has 0 aromatic carbocycles. The van der Waals surface area contributed by atoms with E-state index >= 15 is 0 Å². The number of hydrogen-bond donors (Lipinski definition) is 1. The Balaban J connectivity index is 1.48. The van der Waals surface area contributed by atoms with E-state index < -0.39 is 0 Å². The maximum Gasteiger partial charge on any atom is 0.223 e. The molecule has 17 heavy (non-hydrogen) atoms. The summed E-state index contributed by atoms with van der Waals surface area (Å²) in [7, 11) is 0. The van der Waals surface area contributed by atoms with Gasteiger partial charge in [-0.3, -0.25) is 4.79 Å². The molecule has 0 aromatic heterocycles. The lowest BCUT2D eigenvalue weighted by atomic mass is 9.95. The lowest BCUT2D eigenvalue weighted by Gasteiger charge is -2.25. The maximum atomic E-state index is 12.2. The molecule has 0 radical (unpaired) electrons. The fourth-order valence-corrected chi connectivity index (χ4v) is 4.13. The fraction of sp³-hybridized carbons (Fsp3) is 0.929. The first-order valence-corrected chi connectivity index (χ1v) is 7.64. The summed E-state index contributed by atoms with van der Waals surface area (Å²) in [5, 5.41) is 3.60. The molecule has 3 aliphatic rings. The smallest absolute Gasteiger partial charge is 0.223 e. The van der Waals surface area contributed by atoms with Gasteiger partial charge in [0.1, 0.15) is 0 Å². The molecule has 0 heterocycles. The van der Waals surface area contributed by atoms with E-state index in [0.29, 0.717) is 23.2 Å². The Morgan fingerprint density at radius 1 is 0.941 bits per heavy atom. The average molecular weight is 256 g/mol. The molecular weight excluding hydrogens is 234 g/mol. The molecule has 1 N–H and O–H groups in total. The van der Waals surface area contributed by atoms with E-state index in [1.807, 2.05) is 0 Å². The highest BCUT2D eigenvalue weighted by Gasteiger charge is 2.54. The Bertz CT molecular complexity index is 287. The molecule has 3 aliphatic carbocycles. The summed E-state index contributed by atoms with van der Waals surface area (Å²) in [6, 6.07) is 0.403. The van der Waals surface area contributed by atoms with Crippen LogP contribution in [-0.4, -0.2) is 17.3 Å². The van der Waals surface area contributed by atoms with Crippen molar-refractivity contribution in [2.45, 2.75) is 62.8 Å². The van der Waals surface area contributed by atoms with E-state index in [4.69, 9.17) is 11.6 Å². The predicted molar refractivity (Wildman–Crippen MR) is 69.0 cm³/mol. The van der Waals surface area contributed by atoms with Gasteiger partial charge in [-0.15, -0.1) is 11.6 Å². The summed E-state index contributed by atoms with van der Waals surface area (Å²) in [5.41, 5.74) is 0. The van der Waals surface area contributed by atoms with Crippen molar-refractivity contribution in [3.63, 3.8) is 0 Å². The summed E-state index contributed by atoms with van der Waals surface area (Å²) < 4.78 is 0. The summed E-state index contributed by atoms with van der Waals surface area (Å²) in [6.45, 7) is 0. The zero-order valence-electron chi connectivity index (χ0n) is 10.3. The minimum Gasteiger partial charge on any atom is -0.353 e. The third kappa shape index (κ3) is 2.47. The highest BCUT2D eigenvalue weighted by molar-refractivity contribution is 6.20. The largest absolute Gasteiger partial charge is 0.353 e. The number of fused-ring (bicyclic) bond motifs is 1. The van der Waals surface area contributed by atoms with Crippen LogP contribution in [0.5, 0.6) is 0 Å². The van der Waals surface area contributed by atoms with Crippen molar-refractivity contribution in [1.29, 1.82) is 0 Å². The zero-order chi connectivity index (χ0) is 11.8. The van der Waals surface area contributed by atoms with Crippen LogP contribution < -0.4 is 5.32 Å². The van der Waals surface area contributed by atoms with Crippen molar-refractivity contribution in [3.8, 4) is 0 Å². The van der Waals surface area contributed by atoms with Gasteiger partial charge in [0.15, 0.2) is 0 Å². The van der Waals surface area contributed by atoms with Crippen LogP contribution in [0.25, 0.3) is 0 Å². The van der Waals surface area contributed by atoms with Gasteiger partial charge in [-0.2, -0.15) is 0 Å². The Morgan fingerprint density at radius 3 is 2.12 bits per heavy atom. The van der Waals surface area contributed by atoms with Gasteiger partial charge >= 0.3 is 0 Å². The van der Waals surface area contributed by atoms with E-state index in [-0.39, 0.29) is 0 Å². The summed E-state index contributed by atoms with van der Waals surface area (Å²) in [6.07, 6.45) is 9.51. The van der Waals surface area contributed by atoms with Gasteiger partial charge in [-0.25, -0.2) is 0 Å². The number of rotatable bonds is 2.